The lowest BCUT2D eigenvalue weighted by Gasteiger charge is -2.09. The molecular weight excluding hydrogens is 392 g/mol. The minimum atomic E-state index is -1.30. The zero-order valence-electron chi connectivity index (χ0n) is 16.7. The quantitative estimate of drug-likeness (QED) is 0.434. The van der Waals surface area contributed by atoms with Gasteiger partial charge in [0.15, 0.2) is 12.4 Å². The van der Waals surface area contributed by atoms with E-state index in [4.69, 9.17) is 9.26 Å². The first-order chi connectivity index (χ1) is 13.8. The van der Waals surface area contributed by atoms with E-state index < -0.39 is 23.4 Å². The van der Waals surface area contributed by atoms with E-state index in [-0.39, 0.29) is 11.3 Å². The predicted octanol–water partition coefficient (Wildman–Crippen LogP) is 3.56. The summed E-state index contributed by atoms with van der Waals surface area (Å²) in [5.41, 5.74) is 2.16. The molecule has 1 aromatic carbocycles. The third kappa shape index (κ3) is 4.22. The molecule has 29 heavy (non-hydrogen) atoms. The lowest BCUT2D eigenvalue weighted by molar-refractivity contribution is 0.0471. The molecule has 8 heteroatoms. The Labute approximate surface area is 171 Å². The van der Waals surface area contributed by atoms with E-state index in [1.807, 2.05) is 11.5 Å². The van der Waals surface area contributed by atoms with E-state index in [1.165, 1.54) is 0 Å². The van der Waals surface area contributed by atoms with Crippen molar-refractivity contribution in [3.63, 3.8) is 0 Å². The normalized spacial score (nSPS) is 12.0. The Balaban J connectivity index is 1.77. The molecule has 0 aliphatic carbocycles. The molecule has 0 unspecified atom stereocenters. The van der Waals surface area contributed by atoms with Gasteiger partial charge in [0.25, 0.3) is 0 Å². The van der Waals surface area contributed by atoms with E-state index in [1.54, 1.807) is 57.2 Å². The van der Waals surface area contributed by atoms with Crippen molar-refractivity contribution in [3.8, 4) is 5.82 Å². The number of carbonyl (C=O) groups excluding carboxylic acids is 2. The summed E-state index contributed by atoms with van der Waals surface area (Å²) in [4.78, 5) is 25.6. The molecule has 0 aliphatic heterocycles. The number of ketones is 1. The number of aromatic nitrogens is 2. The highest BCUT2D eigenvalue weighted by molar-refractivity contribution is 7.85. The van der Waals surface area contributed by atoms with Gasteiger partial charge in [0.05, 0.1) is 21.3 Å². The summed E-state index contributed by atoms with van der Waals surface area (Å²) < 4.78 is 24.3. The number of benzene rings is 1. The van der Waals surface area contributed by atoms with Gasteiger partial charge >= 0.3 is 5.97 Å². The number of hydrogen-bond acceptors (Lipinski definition) is 6. The minimum absolute atomic E-state index is 0.212. The third-order valence-corrected chi connectivity index (χ3v) is 5.90. The smallest absolute Gasteiger partial charge is 0.339 e. The molecule has 3 aromatic rings. The van der Waals surface area contributed by atoms with Crippen molar-refractivity contribution in [2.75, 3.05) is 12.4 Å². The maximum atomic E-state index is 12.7. The Kier molecular flexibility index (Phi) is 6.12. The molecular formula is C21H22N2O5S. The first-order valence-electron chi connectivity index (χ1n) is 9.13. The van der Waals surface area contributed by atoms with Crippen LogP contribution in [0.4, 0.5) is 0 Å². The van der Waals surface area contributed by atoms with Gasteiger partial charge in [-0.3, -0.25) is 13.6 Å². The van der Waals surface area contributed by atoms with Crippen LogP contribution in [0.15, 0.2) is 45.8 Å². The largest absolute Gasteiger partial charge is 0.454 e. The fraction of sp³-hybridized carbons (Fsp3) is 0.286. The summed E-state index contributed by atoms with van der Waals surface area (Å²) in [5, 5.41) is 3.99. The monoisotopic (exact) mass is 414 g/mol. The van der Waals surface area contributed by atoms with Crippen LogP contribution in [0.3, 0.4) is 0 Å². The number of esters is 1. The van der Waals surface area contributed by atoms with Crippen LogP contribution in [0.1, 0.15) is 44.8 Å². The summed E-state index contributed by atoms with van der Waals surface area (Å²) in [5.74, 6) is 0.641. The number of ether oxygens (including phenoxy) is 1. The average molecular weight is 414 g/mol. The average Bonchev–Trinajstić information content (AvgIpc) is 3.27. The summed E-state index contributed by atoms with van der Waals surface area (Å²) in [6.07, 6.45) is 0. The van der Waals surface area contributed by atoms with Gasteiger partial charge in [0.1, 0.15) is 5.76 Å². The summed E-state index contributed by atoms with van der Waals surface area (Å²) >= 11 is 0. The van der Waals surface area contributed by atoms with Crippen LogP contribution < -0.4 is 0 Å². The molecule has 0 fully saturated rings. The second-order valence-electron chi connectivity index (χ2n) is 6.55. The number of nitrogens with zero attached hydrogens (tertiary/aromatic N) is 2. The van der Waals surface area contributed by atoms with E-state index >= 15 is 0 Å². The lowest BCUT2D eigenvalue weighted by Crippen LogP contribution is -2.16. The molecule has 2 aromatic heterocycles. The Morgan fingerprint density at radius 1 is 1.14 bits per heavy atom. The van der Waals surface area contributed by atoms with Crippen LogP contribution in [0.2, 0.25) is 0 Å². The van der Waals surface area contributed by atoms with Crippen molar-refractivity contribution in [1.29, 1.82) is 0 Å². The van der Waals surface area contributed by atoms with Crippen molar-refractivity contribution in [2.24, 2.45) is 0 Å². The van der Waals surface area contributed by atoms with Crippen LogP contribution in [0, 0.1) is 20.8 Å². The van der Waals surface area contributed by atoms with Crippen LogP contribution in [-0.2, 0) is 15.5 Å². The van der Waals surface area contributed by atoms with Crippen LogP contribution >= 0.6 is 0 Å². The molecule has 7 nitrogen and oxygen atoms in total. The van der Waals surface area contributed by atoms with Crippen molar-refractivity contribution in [1.82, 2.24) is 9.72 Å². The molecule has 0 aliphatic rings. The number of rotatable bonds is 7. The molecule has 0 saturated heterocycles. The SMILES string of the molecule is CC[S@](=O)c1ccccc1C(=O)OCC(=O)c1cc(C)n(-c2cc(C)on2)c1C. The van der Waals surface area contributed by atoms with Crippen molar-refractivity contribution in [2.45, 2.75) is 32.6 Å². The van der Waals surface area contributed by atoms with Gasteiger partial charge in [-0.05, 0) is 39.0 Å². The molecule has 0 bridgehead atoms. The summed E-state index contributed by atoms with van der Waals surface area (Å²) in [6, 6.07) is 10.1. The Morgan fingerprint density at radius 3 is 2.52 bits per heavy atom. The van der Waals surface area contributed by atoms with Crippen molar-refractivity contribution in [3.05, 3.63) is 64.7 Å². The number of aryl methyl sites for hydroxylation is 2. The van der Waals surface area contributed by atoms with E-state index in [9.17, 15) is 13.8 Å². The number of carbonyl (C=O) groups is 2. The van der Waals surface area contributed by atoms with Crippen LogP contribution in [0.5, 0.6) is 0 Å². The molecule has 0 N–H and O–H groups in total. The Hall–Kier alpha value is -3.00. The van der Waals surface area contributed by atoms with Crippen LogP contribution in [0.25, 0.3) is 5.82 Å². The predicted molar refractivity (Wildman–Crippen MR) is 108 cm³/mol. The first kappa shape index (κ1) is 20.7. The lowest BCUT2D eigenvalue weighted by atomic mass is 10.1. The molecule has 0 saturated carbocycles. The van der Waals surface area contributed by atoms with Gasteiger partial charge in [-0.1, -0.05) is 24.2 Å². The van der Waals surface area contributed by atoms with Crippen molar-refractivity contribution >= 4 is 22.6 Å². The Bertz CT molecular complexity index is 1100. The molecule has 1 atom stereocenters. The minimum Gasteiger partial charge on any atom is -0.454 e. The third-order valence-electron chi connectivity index (χ3n) is 4.52. The second-order valence-corrected chi connectivity index (χ2v) is 8.25. The second kappa shape index (κ2) is 8.57. The highest BCUT2D eigenvalue weighted by Gasteiger charge is 2.21. The zero-order chi connectivity index (χ0) is 21.1. The van der Waals surface area contributed by atoms with Gasteiger partial charge in [0, 0.05) is 28.8 Å². The number of hydrogen-bond donors (Lipinski definition) is 0. The maximum absolute atomic E-state index is 12.7. The van der Waals surface area contributed by atoms with Crippen molar-refractivity contribution < 1.29 is 23.1 Å². The van der Waals surface area contributed by atoms with Gasteiger partial charge in [-0.25, -0.2) is 4.79 Å². The van der Waals surface area contributed by atoms with Gasteiger partial charge < -0.3 is 9.26 Å². The highest BCUT2D eigenvalue weighted by Crippen LogP contribution is 2.21. The highest BCUT2D eigenvalue weighted by atomic mass is 32.2. The Morgan fingerprint density at radius 2 is 1.86 bits per heavy atom. The fourth-order valence-electron chi connectivity index (χ4n) is 3.13. The zero-order valence-corrected chi connectivity index (χ0v) is 17.5. The van der Waals surface area contributed by atoms with E-state index in [2.05, 4.69) is 5.16 Å². The first-order valence-corrected chi connectivity index (χ1v) is 10.5. The fourth-order valence-corrected chi connectivity index (χ4v) is 4.07. The summed E-state index contributed by atoms with van der Waals surface area (Å²) in [6.45, 7) is 6.81. The summed E-state index contributed by atoms with van der Waals surface area (Å²) in [7, 11) is -1.30. The molecule has 0 radical (unpaired) electrons. The molecule has 3 rings (SSSR count). The number of Topliss-reactive ketones (excluding diaryl/α,β-unsaturated/α-hetero) is 1. The van der Waals surface area contributed by atoms with Gasteiger partial charge in [-0.2, -0.15) is 0 Å². The maximum Gasteiger partial charge on any atom is 0.339 e. The van der Waals surface area contributed by atoms with E-state index in [0.29, 0.717) is 33.5 Å². The topological polar surface area (TPSA) is 91.4 Å². The molecule has 0 amide bonds. The molecule has 152 valence electrons. The van der Waals surface area contributed by atoms with Gasteiger partial charge in [-0.15, -0.1) is 0 Å². The molecule has 2 heterocycles. The van der Waals surface area contributed by atoms with Crippen LogP contribution in [-0.4, -0.2) is 38.0 Å². The molecule has 0 spiro atoms. The standard InChI is InChI=1S/C21H22N2O5S/c1-5-29(26)19-9-7-6-8-16(19)21(25)27-12-18(24)17-10-13(2)23(15(17)4)20-11-14(3)28-22-20/h6-11H,5,12H2,1-4H3/t29-/m0/s1. The van der Waals surface area contributed by atoms with Gasteiger partial charge in [0.2, 0.25) is 5.78 Å². The van der Waals surface area contributed by atoms with E-state index in [0.717, 1.165) is 5.69 Å².